The Bertz CT molecular complexity index is 571. The fraction of sp³-hybridized carbons (Fsp3) is 0.722. The van der Waals surface area contributed by atoms with Gasteiger partial charge in [0.2, 0.25) is 6.41 Å². The molecule has 1 saturated heterocycles. The summed E-state index contributed by atoms with van der Waals surface area (Å²) < 4.78 is 39.4. The summed E-state index contributed by atoms with van der Waals surface area (Å²) in [6.45, 7) is 1.32. The molecule has 2 fully saturated rings. The lowest BCUT2D eigenvalue weighted by Gasteiger charge is -2.25. The van der Waals surface area contributed by atoms with Crippen LogP contribution in [0.25, 0.3) is 0 Å². The van der Waals surface area contributed by atoms with Crippen LogP contribution in [0.3, 0.4) is 0 Å². The molecular formula is C18H25F2NO4. The highest BCUT2D eigenvalue weighted by atomic mass is 19.3. The van der Waals surface area contributed by atoms with E-state index in [1.54, 1.807) is 6.92 Å². The number of carbonyl (C=O) groups excluding carboxylic acids is 1. The summed E-state index contributed by atoms with van der Waals surface area (Å²) in [5.74, 6) is -4.75. The van der Waals surface area contributed by atoms with E-state index < -0.39 is 36.2 Å². The standard InChI is InChI=1S/C18H25F2NO4/c1-2-24-15(22)17(8-9-17)14-10-21(12-18(14,19)20)16(23)25-11-13-6-4-3-5-7-13/h4,6-7,14,16,23H,2-3,5,8-12H2,1H3/t14-,16?/m1/s1. The molecule has 0 aromatic heterocycles. The fourth-order valence-corrected chi connectivity index (χ4v) is 3.72. The number of hydrogen-bond acceptors (Lipinski definition) is 5. The lowest BCUT2D eigenvalue weighted by Crippen LogP contribution is -2.39. The molecule has 140 valence electrons. The third kappa shape index (κ3) is 3.78. The molecule has 0 spiro atoms. The number of carbonyl (C=O) groups is 1. The Labute approximate surface area is 146 Å². The van der Waals surface area contributed by atoms with Gasteiger partial charge in [-0.3, -0.25) is 4.79 Å². The minimum absolute atomic E-state index is 0.0815. The number of likely N-dealkylation sites (tertiary alicyclic amines) is 1. The molecule has 0 aromatic carbocycles. The van der Waals surface area contributed by atoms with Crippen molar-refractivity contribution in [2.45, 2.75) is 44.9 Å². The molecular weight excluding hydrogens is 332 g/mol. The van der Waals surface area contributed by atoms with Crippen LogP contribution in [0.1, 0.15) is 32.6 Å². The minimum Gasteiger partial charge on any atom is -0.466 e. The number of alkyl halides is 2. The van der Waals surface area contributed by atoms with Crippen molar-refractivity contribution in [1.29, 1.82) is 0 Å². The second-order valence-electron chi connectivity index (χ2n) is 7.02. The van der Waals surface area contributed by atoms with Crippen molar-refractivity contribution < 1.29 is 28.2 Å². The predicted octanol–water partition coefficient (Wildman–Crippen LogP) is 2.47. The molecule has 25 heavy (non-hydrogen) atoms. The van der Waals surface area contributed by atoms with Gasteiger partial charge in [-0.15, -0.1) is 0 Å². The Morgan fingerprint density at radius 3 is 2.80 bits per heavy atom. The van der Waals surface area contributed by atoms with Crippen molar-refractivity contribution in [3.63, 3.8) is 0 Å². The van der Waals surface area contributed by atoms with E-state index in [1.807, 2.05) is 18.2 Å². The van der Waals surface area contributed by atoms with Crippen LogP contribution in [-0.2, 0) is 14.3 Å². The Morgan fingerprint density at radius 2 is 2.20 bits per heavy atom. The summed E-state index contributed by atoms with van der Waals surface area (Å²) in [5, 5.41) is 10.2. The van der Waals surface area contributed by atoms with E-state index in [0.717, 1.165) is 18.4 Å². The number of nitrogens with zero attached hydrogens (tertiary/aromatic N) is 1. The molecule has 3 rings (SSSR count). The average Bonchev–Trinajstić information content (AvgIpc) is 3.32. The van der Waals surface area contributed by atoms with E-state index in [4.69, 9.17) is 9.47 Å². The molecule has 0 bridgehead atoms. The van der Waals surface area contributed by atoms with Gasteiger partial charge in [-0.2, -0.15) is 0 Å². The van der Waals surface area contributed by atoms with Crippen molar-refractivity contribution in [2.24, 2.45) is 11.3 Å². The number of allylic oxidation sites excluding steroid dienone is 2. The Hall–Kier alpha value is -1.31. The molecule has 3 aliphatic rings. The molecule has 1 aliphatic heterocycles. The van der Waals surface area contributed by atoms with E-state index in [2.05, 4.69) is 0 Å². The number of aliphatic hydroxyl groups excluding tert-OH is 1. The van der Waals surface area contributed by atoms with Gasteiger partial charge in [0.1, 0.15) is 0 Å². The quantitative estimate of drug-likeness (QED) is 0.560. The molecule has 1 unspecified atom stereocenters. The average molecular weight is 357 g/mol. The third-order valence-corrected chi connectivity index (χ3v) is 5.26. The maximum absolute atomic E-state index is 14.5. The van der Waals surface area contributed by atoms with Crippen molar-refractivity contribution in [3.8, 4) is 0 Å². The molecule has 2 aliphatic carbocycles. The molecule has 5 nitrogen and oxygen atoms in total. The van der Waals surface area contributed by atoms with Gasteiger partial charge >= 0.3 is 5.97 Å². The van der Waals surface area contributed by atoms with E-state index in [9.17, 15) is 18.7 Å². The van der Waals surface area contributed by atoms with Crippen LogP contribution in [0.4, 0.5) is 8.78 Å². The number of hydrogen-bond donors (Lipinski definition) is 1. The molecule has 1 N–H and O–H groups in total. The lowest BCUT2D eigenvalue weighted by atomic mass is 9.86. The Kier molecular flexibility index (Phi) is 5.27. The first-order chi connectivity index (χ1) is 11.9. The number of esters is 1. The first-order valence-electron chi connectivity index (χ1n) is 8.83. The zero-order valence-electron chi connectivity index (χ0n) is 14.4. The molecule has 0 amide bonds. The summed E-state index contributed by atoms with van der Waals surface area (Å²) in [7, 11) is 0. The monoisotopic (exact) mass is 357 g/mol. The van der Waals surface area contributed by atoms with Crippen molar-refractivity contribution in [3.05, 3.63) is 23.8 Å². The molecule has 2 atom stereocenters. The van der Waals surface area contributed by atoms with Gasteiger partial charge in [0, 0.05) is 6.54 Å². The van der Waals surface area contributed by atoms with Crippen LogP contribution in [0.5, 0.6) is 0 Å². The highest BCUT2D eigenvalue weighted by Gasteiger charge is 2.67. The highest BCUT2D eigenvalue weighted by Crippen LogP contribution is 2.59. The number of rotatable bonds is 7. The zero-order chi connectivity index (χ0) is 18.1. The fourth-order valence-electron chi connectivity index (χ4n) is 3.72. The molecule has 1 saturated carbocycles. The largest absolute Gasteiger partial charge is 0.466 e. The van der Waals surface area contributed by atoms with Crippen molar-refractivity contribution in [2.75, 3.05) is 26.3 Å². The first-order valence-corrected chi connectivity index (χ1v) is 8.83. The van der Waals surface area contributed by atoms with Gasteiger partial charge in [-0.25, -0.2) is 13.7 Å². The number of aliphatic hydroxyl groups is 1. The molecule has 0 aromatic rings. The number of halogens is 2. The van der Waals surface area contributed by atoms with Crippen LogP contribution in [0.15, 0.2) is 23.8 Å². The van der Waals surface area contributed by atoms with Gasteiger partial charge in [0.25, 0.3) is 5.92 Å². The summed E-state index contributed by atoms with van der Waals surface area (Å²) in [6, 6.07) is 0. The van der Waals surface area contributed by atoms with Gasteiger partial charge in [-0.1, -0.05) is 18.2 Å². The summed E-state index contributed by atoms with van der Waals surface area (Å²) in [4.78, 5) is 13.3. The first kappa shape index (κ1) is 18.5. The smallest absolute Gasteiger partial charge is 0.312 e. The number of ether oxygens (including phenoxy) is 2. The van der Waals surface area contributed by atoms with Crippen molar-refractivity contribution in [1.82, 2.24) is 4.90 Å². The van der Waals surface area contributed by atoms with Crippen LogP contribution in [0.2, 0.25) is 0 Å². The van der Waals surface area contributed by atoms with Crippen LogP contribution in [0, 0.1) is 11.3 Å². The predicted molar refractivity (Wildman–Crippen MR) is 86.7 cm³/mol. The third-order valence-electron chi connectivity index (χ3n) is 5.26. The van der Waals surface area contributed by atoms with E-state index >= 15 is 0 Å². The summed E-state index contributed by atoms with van der Waals surface area (Å²) in [5.41, 5.74) is -0.180. The van der Waals surface area contributed by atoms with E-state index in [-0.39, 0.29) is 19.8 Å². The molecule has 1 heterocycles. The van der Waals surface area contributed by atoms with Gasteiger partial charge in [-0.05, 0) is 38.2 Å². The maximum Gasteiger partial charge on any atom is 0.312 e. The van der Waals surface area contributed by atoms with Gasteiger partial charge < -0.3 is 14.6 Å². The Morgan fingerprint density at radius 1 is 1.44 bits per heavy atom. The normalized spacial score (nSPS) is 28.5. The maximum atomic E-state index is 14.5. The van der Waals surface area contributed by atoms with Crippen molar-refractivity contribution >= 4 is 5.97 Å². The van der Waals surface area contributed by atoms with E-state index in [1.165, 1.54) is 4.90 Å². The van der Waals surface area contributed by atoms with Crippen LogP contribution in [-0.4, -0.2) is 54.6 Å². The highest BCUT2D eigenvalue weighted by molar-refractivity contribution is 5.80. The second kappa shape index (κ2) is 7.13. The minimum atomic E-state index is -3.06. The molecule has 0 radical (unpaired) electrons. The lowest BCUT2D eigenvalue weighted by molar-refractivity contribution is -0.187. The zero-order valence-corrected chi connectivity index (χ0v) is 14.4. The van der Waals surface area contributed by atoms with E-state index in [0.29, 0.717) is 12.8 Å². The van der Waals surface area contributed by atoms with Crippen LogP contribution >= 0.6 is 0 Å². The molecule has 7 heteroatoms. The summed E-state index contributed by atoms with van der Waals surface area (Å²) >= 11 is 0. The SMILES string of the molecule is CCOC(=O)C1([C@H]2CN(C(O)OCC3=CCCC=C3)CC2(F)F)CC1. The Balaban J connectivity index is 1.60. The van der Waals surface area contributed by atoms with Gasteiger partial charge in [0.05, 0.1) is 31.1 Å². The van der Waals surface area contributed by atoms with Gasteiger partial charge in [0.15, 0.2) is 0 Å². The topological polar surface area (TPSA) is 59.0 Å². The second-order valence-corrected chi connectivity index (χ2v) is 7.02. The summed E-state index contributed by atoms with van der Waals surface area (Å²) in [6.07, 6.45) is 7.24. The van der Waals surface area contributed by atoms with Crippen LogP contribution < -0.4 is 0 Å².